The summed E-state index contributed by atoms with van der Waals surface area (Å²) in [5.74, 6) is -0.439. The molecule has 1 fully saturated rings. The van der Waals surface area contributed by atoms with E-state index in [1.807, 2.05) is 0 Å². The number of hydrogen-bond acceptors (Lipinski definition) is 3. The van der Waals surface area contributed by atoms with Crippen molar-refractivity contribution in [3.8, 4) is 0 Å². The van der Waals surface area contributed by atoms with Gasteiger partial charge in [0, 0.05) is 19.5 Å². The van der Waals surface area contributed by atoms with Crippen molar-refractivity contribution < 1.29 is 14.2 Å². The molecular weight excluding hydrogens is 269 g/mol. The molecule has 2 atom stereocenters. The van der Waals surface area contributed by atoms with Gasteiger partial charge in [0.05, 0.1) is 23.8 Å². The first-order chi connectivity index (χ1) is 9.10. The highest BCUT2D eigenvalue weighted by atomic mass is 35.5. The van der Waals surface area contributed by atoms with E-state index in [4.69, 9.17) is 16.3 Å². The molecule has 1 aromatic carbocycles. The van der Waals surface area contributed by atoms with Crippen LogP contribution in [-0.2, 0) is 11.2 Å². The second kappa shape index (κ2) is 6.66. The van der Waals surface area contributed by atoms with E-state index in [1.165, 1.54) is 6.07 Å². The van der Waals surface area contributed by atoms with Crippen molar-refractivity contribution in [1.82, 2.24) is 4.90 Å². The number of nitrogens with zero attached hydrogens (tertiary/aromatic N) is 1. The molecule has 2 unspecified atom stereocenters. The Morgan fingerprint density at radius 2 is 2.37 bits per heavy atom. The highest BCUT2D eigenvalue weighted by Crippen LogP contribution is 2.19. The summed E-state index contributed by atoms with van der Waals surface area (Å²) < 4.78 is 18.7. The number of halogens is 2. The molecule has 1 N–H and O–H groups in total. The van der Waals surface area contributed by atoms with Crippen LogP contribution in [0.3, 0.4) is 0 Å². The van der Waals surface area contributed by atoms with Crippen LogP contribution in [0.15, 0.2) is 18.2 Å². The largest absolute Gasteiger partial charge is 0.390 e. The minimum Gasteiger partial charge on any atom is -0.390 e. The fraction of sp³-hybridized carbons (Fsp3) is 0.571. The zero-order valence-corrected chi connectivity index (χ0v) is 11.7. The minimum atomic E-state index is -0.601. The molecule has 3 nitrogen and oxygen atoms in total. The van der Waals surface area contributed by atoms with Gasteiger partial charge in [-0.1, -0.05) is 24.6 Å². The molecule has 0 spiro atoms. The van der Waals surface area contributed by atoms with Crippen molar-refractivity contribution in [3.05, 3.63) is 34.6 Å². The van der Waals surface area contributed by atoms with Gasteiger partial charge >= 0.3 is 0 Å². The fourth-order valence-electron chi connectivity index (χ4n) is 2.29. The van der Waals surface area contributed by atoms with E-state index in [0.717, 1.165) is 25.2 Å². The number of aliphatic hydroxyl groups is 1. The van der Waals surface area contributed by atoms with Crippen LogP contribution in [0.1, 0.15) is 12.5 Å². The zero-order chi connectivity index (χ0) is 13.8. The van der Waals surface area contributed by atoms with Crippen LogP contribution in [0.4, 0.5) is 4.39 Å². The van der Waals surface area contributed by atoms with Gasteiger partial charge in [-0.2, -0.15) is 0 Å². The molecule has 1 aromatic rings. The van der Waals surface area contributed by atoms with Crippen LogP contribution in [0.25, 0.3) is 0 Å². The second-order valence-electron chi connectivity index (χ2n) is 4.82. The first-order valence-electron chi connectivity index (χ1n) is 6.56. The maximum absolute atomic E-state index is 13.1. The highest BCUT2D eigenvalue weighted by Gasteiger charge is 2.26. The summed E-state index contributed by atoms with van der Waals surface area (Å²) >= 11 is 5.73. The molecule has 5 heteroatoms. The van der Waals surface area contributed by atoms with Crippen molar-refractivity contribution in [2.75, 3.05) is 26.2 Å². The van der Waals surface area contributed by atoms with Gasteiger partial charge in [-0.15, -0.1) is 0 Å². The van der Waals surface area contributed by atoms with Gasteiger partial charge < -0.3 is 9.84 Å². The van der Waals surface area contributed by atoms with E-state index in [2.05, 4.69) is 11.8 Å². The Kier molecular flexibility index (Phi) is 5.16. The predicted octanol–water partition coefficient (Wildman–Crippen LogP) is 2.10. The summed E-state index contributed by atoms with van der Waals surface area (Å²) in [5, 5.41) is 10.3. The predicted molar refractivity (Wildman–Crippen MR) is 73.0 cm³/mol. The zero-order valence-electron chi connectivity index (χ0n) is 11.0. The molecule has 106 valence electrons. The van der Waals surface area contributed by atoms with Crippen LogP contribution in [0.5, 0.6) is 0 Å². The van der Waals surface area contributed by atoms with Gasteiger partial charge in [0.2, 0.25) is 0 Å². The Balaban J connectivity index is 1.96. The van der Waals surface area contributed by atoms with Gasteiger partial charge in [-0.05, 0) is 24.2 Å². The van der Waals surface area contributed by atoms with E-state index < -0.39 is 11.9 Å². The standard InChI is InChI=1S/C14H19ClFNO2/c1-2-17-5-6-19-14(9-17)13(18)8-10-3-4-12(16)11(15)7-10/h3-4,7,13-14,18H,2,5-6,8-9H2,1H3. The SMILES string of the molecule is CCN1CCOC(C(O)Cc2ccc(F)c(Cl)c2)C1. The Hall–Kier alpha value is -0.680. The molecule has 2 rings (SSSR count). The number of aliphatic hydroxyl groups excluding tert-OH is 1. The summed E-state index contributed by atoms with van der Waals surface area (Å²) in [6.45, 7) is 5.32. The van der Waals surface area contributed by atoms with Crippen LogP contribution < -0.4 is 0 Å². The monoisotopic (exact) mass is 287 g/mol. The van der Waals surface area contributed by atoms with Crippen LogP contribution in [0, 0.1) is 5.82 Å². The van der Waals surface area contributed by atoms with Crippen molar-refractivity contribution in [1.29, 1.82) is 0 Å². The lowest BCUT2D eigenvalue weighted by molar-refractivity contribution is -0.0867. The Bertz CT molecular complexity index is 430. The maximum Gasteiger partial charge on any atom is 0.141 e. The molecule has 1 saturated heterocycles. The van der Waals surface area contributed by atoms with E-state index in [9.17, 15) is 9.50 Å². The first kappa shape index (κ1) is 14.7. The van der Waals surface area contributed by atoms with E-state index >= 15 is 0 Å². The van der Waals surface area contributed by atoms with Gasteiger partial charge in [0.15, 0.2) is 0 Å². The maximum atomic E-state index is 13.1. The van der Waals surface area contributed by atoms with Crippen molar-refractivity contribution in [2.24, 2.45) is 0 Å². The number of ether oxygens (including phenoxy) is 1. The summed E-state index contributed by atoms with van der Waals surface area (Å²) in [4.78, 5) is 2.25. The smallest absolute Gasteiger partial charge is 0.141 e. The van der Waals surface area contributed by atoms with Gasteiger partial charge in [-0.3, -0.25) is 4.90 Å². The summed E-state index contributed by atoms with van der Waals surface area (Å²) in [6.07, 6.45) is -0.379. The van der Waals surface area contributed by atoms with Gasteiger partial charge in [0.25, 0.3) is 0 Å². The lowest BCUT2D eigenvalue weighted by Gasteiger charge is -2.34. The fourth-order valence-corrected chi connectivity index (χ4v) is 2.49. The Morgan fingerprint density at radius 1 is 1.58 bits per heavy atom. The molecule has 0 bridgehead atoms. The average Bonchev–Trinajstić information content (AvgIpc) is 2.43. The molecule has 0 amide bonds. The van der Waals surface area contributed by atoms with Crippen LogP contribution in [0.2, 0.25) is 5.02 Å². The Labute approximate surface area is 117 Å². The van der Waals surface area contributed by atoms with Gasteiger partial charge in [0.1, 0.15) is 5.82 Å². The topological polar surface area (TPSA) is 32.7 Å². The number of benzene rings is 1. The van der Waals surface area contributed by atoms with E-state index in [-0.39, 0.29) is 11.1 Å². The van der Waals surface area contributed by atoms with E-state index in [0.29, 0.717) is 13.0 Å². The molecule has 1 aliphatic heterocycles. The molecule has 1 heterocycles. The molecule has 1 aliphatic rings. The van der Waals surface area contributed by atoms with Crippen LogP contribution >= 0.6 is 11.6 Å². The lowest BCUT2D eigenvalue weighted by Crippen LogP contribution is -2.48. The number of likely N-dealkylation sites (N-methyl/N-ethyl adjacent to an activating group) is 1. The van der Waals surface area contributed by atoms with Crippen molar-refractivity contribution in [3.63, 3.8) is 0 Å². The highest BCUT2D eigenvalue weighted by molar-refractivity contribution is 6.30. The summed E-state index contributed by atoms with van der Waals surface area (Å²) in [7, 11) is 0. The summed E-state index contributed by atoms with van der Waals surface area (Å²) in [6, 6.07) is 4.52. The van der Waals surface area contributed by atoms with E-state index in [1.54, 1.807) is 12.1 Å². The molecular formula is C14H19ClFNO2. The molecule has 19 heavy (non-hydrogen) atoms. The third kappa shape index (κ3) is 3.89. The quantitative estimate of drug-likeness (QED) is 0.921. The van der Waals surface area contributed by atoms with Crippen molar-refractivity contribution >= 4 is 11.6 Å². The Morgan fingerprint density at radius 3 is 3.05 bits per heavy atom. The lowest BCUT2D eigenvalue weighted by atomic mass is 10.0. The average molecular weight is 288 g/mol. The summed E-state index contributed by atoms with van der Waals surface area (Å²) in [5.41, 5.74) is 0.816. The molecule has 0 aromatic heterocycles. The second-order valence-corrected chi connectivity index (χ2v) is 5.23. The third-order valence-electron chi connectivity index (χ3n) is 3.48. The molecule has 0 saturated carbocycles. The molecule has 0 aliphatic carbocycles. The number of rotatable bonds is 4. The number of hydrogen-bond donors (Lipinski definition) is 1. The normalized spacial score (nSPS) is 22.4. The van der Waals surface area contributed by atoms with Crippen LogP contribution in [-0.4, -0.2) is 48.5 Å². The number of morpholine rings is 1. The molecule has 0 radical (unpaired) electrons. The minimum absolute atomic E-state index is 0.0875. The first-order valence-corrected chi connectivity index (χ1v) is 6.94. The van der Waals surface area contributed by atoms with Gasteiger partial charge in [-0.25, -0.2) is 4.39 Å². The van der Waals surface area contributed by atoms with Crippen molar-refractivity contribution in [2.45, 2.75) is 25.6 Å². The third-order valence-corrected chi connectivity index (χ3v) is 3.77.